The molecule has 0 amide bonds. The largest absolute Gasteiger partial charge is 0.315 e. The Morgan fingerprint density at radius 2 is 1.96 bits per heavy atom. The number of halogens is 2. The summed E-state index contributed by atoms with van der Waals surface area (Å²) in [6.07, 6.45) is 10.3. The lowest BCUT2D eigenvalue weighted by atomic mass is 10.3. The number of rotatable bonds is 5. The van der Waals surface area contributed by atoms with Gasteiger partial charge in [-0.2, -0.15) is 0 Å². The van der Waals surface area contributed by atoms with Crippen LogP contribution in [0.1, 0.15) is 12.8 Å². The Labute approximate surface area is 148 Å². The molecular weight excluding hydrogens is 351 g/mol. The molecule has 116 valence electrons. The highest BCUT2D eigenvalue weighted by Gasteiger charge is 2.15. The fourth-order valence-electron chi connectivity index (χ4n) is 2.12. The monoisotopic (exact) mass is 362 g/mol. The number of fused-ring (bicyclic) bond motifs is 1. The van der Waals surface area contributed by atoms with Crippen LogP contribution in [0.15, 0.2) is 40.8 Å². The van der Waals surface area contributed by atoms with Crippen LogP contribution >= 0.6 is 35.0 Å². The molecule has 1 aromatic carbocycles. The molecule has 0 bridgehead atoms. The highest BCUT2D eigenvalue weighted by molar-refractivity contribution is 7.99. The highest BCUT2D eigenvalue weighted by atomic mass is 35.5. The first-order valence-corrected chi connectivity index (χ1v) is 8.48. The van der Waals surface area contributed by atoms with Gasteiger partial charge in [-0.15, -0.1) is 12.3 Å². The first-order valence-electron chi connectivity index (χ1n) is 6.91. The van der Waals surface area contributed by atoms with Crippen molar-refractivity contribution in [3.63, 3.8) is 0 Å². The summed E-state index contributed by atoms with van der Waals surface area (Å²) in [6.45, 7) is 0.764. The van der Waals surface area contributed by atoms with Gasteiger partial charge in [0.05, 0.1) is 12.5 Å². The number of imidazole rings is 1. The quantitative estimate of drug-likeness (QED) is 0.489. The molecular formula is C16H12Cl2N4S. The van der Waals surface area contributed by atoms with Gasteiger partial charge >= 0.3 is 0 Å². The summed E-state index contributed by atoms with van der Waals surface area (Å²) in [7, 11) is 0. The predicted molar refractivity (Wildman–Crippen MR) is 93.1 cm³/mol. The molecule has 23 heavy (non-hydrogen) atoms. The van der Waals surface area contributed by atoms with Crippen molar-refractivity contribution >= 4 is 35.0 Å². The van der Waals surface area contributed by atoms with Crippen LogP contribution in [0.3, 0.4) is 0 Å². The molecule has 0 unspecified atom stereocenters. The first kappa shape index (κ1) is 16.1. The SMILES string of the molecule is C#CCCCn1cncc2nc(Sc3cc(Cl)cc(Cl)c3)nc1-2. The molecule has 3 rings (SSSR count). The molecule has 0 atom stereocenters. The van der Waals surface area contributed by atoms with E-state index in [0.717, 1.165) is 35.8 Å². The lowest BCUT2D eigenvalue weighted by Gasteiger charge is -2.07. The van der Waals surface area contributed by atoms with Crippen molar-refractivity contribution in [1.82, 2.24) is 19.5 Å². The van der Waals surface area contributed by atoms with Crippen molar-refractivity contribution in [1.29, 1.82) is 0 Å². The molecule has 0 saturated carbocycles. The summed E-state index contributed by atoms with van der Waals surface area (Å²) in [5.41, 5.74) is 0.754. The maximum absolute atomic E-state index is 6.02. The van der Waals surface area contributed by atoms with Crippen molar-refractivity contribution in [2.45, 2.75) is 29.4 Å². The Bertz CT molecular complexity index is 820. The lowest BCUT2D eigenvalue weighted by Crippen LogP contribution is -2.04. The van der Waals surface area contributed by atoms with Crippen molar-refractivity contribution < 1.29 is 0 Å². The maximum Gasteiger partial charge on any atom is 0.195 e. The zero-order chi connectivity index (χ0) is 16.2. The van der Waals surface area contributed by atoms with Gasteiger partial charge in [-0.05, 0) is 36.4 Å². The van der Waals surface area contributed by atoms with E-state index in [-0.39, 0.29) is 0 Å². The minimum absolute atomic E-state index is 0.585. The van der Waals surface area contributed by atoms with Crippen LogP contribution in [-0.4, -0.2) is 19.5 Å². The summed E-state index contributed by atoms with van der Waals surface area (Å²) in [6, 6.07) is 5.36. The van der Waals surface area contributed by atoms with Crippen molar-refractivity contribution in [3.8, 4) is 23.9 Å². The van der Waals surface area contributed by atoms with E-state index >= 15 is 0 Å². The summed E-state index contributed by atoms with van der Waals surface area (Å²) < 4.78 is 1.97. The number of unbranched alkanes of at least 4 members (excludes halogenated alkanes) is 1. The standard InChI is InChI=1S/C16H12Cl2N4S/c1-2-3-4-5-22-10-19-9-14-15(22)21-16(20-14)23-13-7-11(17)6-12(18)8-13/h1,6-10H,3-5H2. The van der Waals surface area contributed by atoms with Gasteiger partial charge in [0.2, 0.25) is 0 Å². The molecule has 0 radical (unpaired) electrons. The minimum atomic E-state index is 0.585. The van der Waals surface area contributed by atoms with E-state index < -0.39 is 0 Å². The van der Waals surface area contributed by atoms with E-state index in [9.17, 15) is 0 Å². The summed E-state index contributed by atoms with van der Waals surface area (Å²) in [5, 5.41) is 1.81. The van der Waals surface area contributed by atoms with Gasteiger partial charge in [0, 0.05) is 27.9 Å². The van der Waals surface area contributed by atoms with Crippen LogP contribution in [0.2, 0.25) is 10.0 Å². The molecule has 7 heteroatoms. The topological polar surface area (TPSA) is 43.6 Å². The molecule has 2 heterocycles. The molecule has 0 saturated heterocycles. The highest BCUT2D eigenvalue weighted by Crippen LogP contribution is 2.32. The summed E-state index contributed by atoms with van der Waals surface area (Å²) in [5.74, 6) is 3.43. The third-order valence-corrected chi connectivity index (χ3v) is 4.36. The van der Waals surface area contributed by atoms with Crippen LogP contribution in [0.5, 0.6) is 0 Å². The molecule has 0 spiro atoms. The fraction of sp³-hybridized carbons (Fsp3) is 0.188. The van der Waals surface area contributed by atoms with Gasteiger partial charge in [0.25, 0.3) is 0 Å². The number of aromatic nitrogens is 4. The normalized spacial score (nSPS) is 10.8. The average molecular weight is 363 g/mol. The van der Waals surface area contributed by atoms with E-state index in [0.29, 0.717) is 15.2 Å². The second-order valence-corrected chi connectivity index (χ2v) is 6.73. The number of terminal acetylenes is 1. The third-order valence-electron chi connectivity index (χ3n) is 3.09. The number of aryl methyl sites for hydroxylation is 1. The first-order chi connectivity index (χ1) is 11.2. The number of hydrogen-bond donors (Lipinski definition) is 0. The van der Waals surface area contributed by atoms with Gasteiger partial charge < -0.3 is 4.57 Å². The second-order valence-electron chi connectivity index (χ2n) is 4.82. The molecule has 0 aliphatic carbocycles. The molecule has 4 nitrogen and oxygen atoms in total. The van der Waals surface area contributed by atoms with Crippen molar-refractivity contribution in [2.75, 3.05) is 0 Å². The second kappa shape index (κ2) is 7.22. The summed E-state index contributed by atoms with van der Waals surface area (Å²) in [4.78, 5) is 14.2. The Morgan fingerprint density at radius 3 is 2.70 bits per heavy atom. The Kier molecular flexibility index (Phi) is 5.06. The smallest absolute Gasteiger partial charge is 0.195 e. The van der Waals surface area contributed by atoms with Gasteiger partial charge in [0.1, 0.15) is 5.69 Å². The van der Waals surface area contributed by atoms with E-state index in [1.165, 1.54) is 11.8 Å². The van der Waals surface area contributed by atoms with Gasteiger partial charge in [-0.3, -0.25) is 0 Å². The molecule has 1 aromatic rings. The van der Waals surface area contributed by atoms with Crippen LogP contribution < -0.4 is 0 Å². The van der Waals surface area contributed by atoms with Gasteiger partial charge in [0.15, 0.2) is 11.0 Å². The van der Waals surface area contributed by atoms with Crippen molar-refractivity contribution in [3.05, 3.63) is 40.8 Å². The van der Waals surface area contributed by atoms with Crippen LogP contribution in [0.4, 0.5) is 0 Å². The molecule has 2 aliphatic heterocycles. The third kappa shape index (κ3) is 3.97. The Balaban J connectivity index is 1.86. The van der Waals surface area contributed by atoms with Crippen LogP contribution in [0, 0.1) is 12.3 Å². The summed E-state index contributed by atoms with van der Waals surface area (Å²) >= 11 is 13.5. The van der Waals surface area contributed by atoms with Crippen LogP contribution in [-0.2, 0) is 6.54 Å². The fourth-order valence-corrected chi connectivity index (χ4v) is 3.63. The Hall–Kier alpha value is -1.74. The van der Waals surface area contributed by atoms with E-state index in [1.54, 1.807) is 18.6 Å². The molecule has 0 fully saturated rings. The van der Waals surface area contributed by atoms with Gasteiger partial charge in [-0.1, -0.05) is 23.2 Å². The number of benzene rings is 1. The van der Waals surface area contributed by atoms with E-state index in [1.807, 2.05) is 16.7 Å². The lowest BCUT2D eigenvalue weighted by molar-refractivity contribution is 0.637. The van der Waals surface area contributed by atoms with Crippen LogP contribution in [0.25, 0.3) is 11.5 Å². The zero-order valence-electron chi connectivity index (χ0n) is 12.0. The predicted octanol–water partition coefficient (Wildman–Crippen LogP) is 4.65. The van der Waals surface area contributed by atoms with Gasteiger partial charge in [-0.25, -0.2) is 15.0 Å². The number of hydrogen-bond acceptors (Lipinski definition) is 4. The minimum Gasteiger partial charge on any atom is -0.315 e. The number of nitrogens with zero attached hydrogens (tertiary/aromatic N) is 4. The molecule has 2 aliphatic rings. The zero-order valence-corrected chi connectivity index (χ0v) is 14.4. The molecule has 0 aromatic heterocycles. The van der Waals surface area contributed by atoms with E-state index in [2.05, 4.69) is 20.9 Å². The maximum atomic E-state index is 6.02. The van der Waals surface area contributed by atoms with Crippen molar-refractivity contribution in [2.24, 2.45) is 0 Å². The average Bonchev–Trinajstić information content (AvgIpc) is 2.89. The Morgan fingerprint density at radius 1 is 1.17 bits per heavy atom. The van der Waals surface area contributed by atoms with E-state index in [4.69, 9.17) is 29.6 Å². The molecule has 0 N–H and O–H groups in total.